The molecule has 1 aliphatic rings. The van der Waals surface area contributed by atoms with Gasteiger partial charge in [0.15, 0.2) is 0 Å². The van der Waals surface area contributed by atoms with Gasteiger partial charge in [-0.25, -0.2) is 9.97 Å². The highest BCUT2D eigenvalue weighted by Crippen LogP contribution is 2.19. The van der Waals surface area contributed by atoms with Gasteiger partial charge in [-0.3, -0.25) is 4.90 Å². The van der Waals surface area contributed by atoms with Crippen molar-refractivity contribution in [3.8, 4) is 0 Å². The highest BCUT2D eigenvalue weighted by atomic mass is 15.3. The van der Waals surface area contributed by atoms with Crippen LogP contribution in [-0.4, -0.2) is 52.6 Å². The van der Waals surface area contributed by atoms with Crippen LogP contribution in [0.5, 0.6) is 0 Å². The number of benzene rings is 1. The number of hydrogen-bond acceptors (Lipinski definition) is 4. The molecule has 1 fully saturated rings. The van der Waals surface area contributed by atoms with Crippen LogP contribution in [0.4, 0.5) is 5.95 Å². The molecule has 2 aromatic heterocycles. The molecule has 0 aliphatic carbocycles. The van der Waals surface area contributed by atoms with Gasteiger partial charge in [-0.15, -0.1) is 0 Å². The van der Waals surface area contributed by atoms with Crippen LogP contribution in [0.2, 0.25) is 0 Å². The van der Waals surface area contributed by atoms with E-state index in [1.165, 1.54) is 22.9 Å². The van der Waals surface area contributed by atoms with E-state index in [9.17, 15) is 0 Å². The lowest BCUT2D eigenvalue weighted by Crippen LogP contribution is -2.47. The van der Waals surface area contributed by atoms with Gasteiger partial charge in [-0.05, 0) is 43.5 Å². The standard InChI is InChI=1S/C20H25N5.3C2H6/c1-16-13-22-20(23-14-16)25-11-9-24(10-12-25)8-4-5-17-15-21-19-7-3-2-6-18(17)19;3*1-2/h2-3,6-7,13-15,21H,4-5,8-12H2,1H3;3*1-2H3. The quantitative estimate of drug-likeness (QED) is 0.536. The van der Waals surface area contributed by atoms with Crippen LogP contribution in [0.25, 0.3) is 10.9 Å². The Labute approximate surface area is 189 Å². The molecule has 0 unspecified atom stereocenters. The van der Waals surface area contributed by atoms with Crippen molar-refractivity contribution in [1.29, 1.82) is 0 Å². The van der Waals surface area contributed by atoms with E-state index in [1.807, 2.05) is 60.9 Å². The highest BCUT2D eigenvalue weighted by Gasteiger charge is 2.18. The van der Waals surface area contributed by atoms with E-state index < -0.39 is 0 Å². The minimum atomic E-state index is 0.865. The summed E-state index contributed by atoms with van der Waals surface area (Å²) in [5.74, 6) is 0.865. The number of fused-ring (bicyclic) bond motifs is 1. The molecule has 1 aliphatic heterocycles. The Morgan fingerprint density at radius 3 is 2.13 bits per heavy atom. The highest BCUT2D eigenvalue weighted by molar-refractivity contribution is 5.82. The van der Waals surface area contributed by atoms with Crippen molar-refractivity contribution in [3.63, 3.8) is 0 Å². The fraction of sp³-hybridized carbons (Fsp3) is 0.538. The summed E-state index contributed by atoms with van der Waals surface area (Å²) in [5.41, 5.74) is 3.78. The zero-order valence-electron chi connectivity index (χ0n) is 20.8. The number of para-hydroxylation sites is 1. The van der Waals surface area contributed by atoms with E-state index >= 15 is 0 Å². The number of aryl methyl sites for hydroxylation is 2. The number of nitrogens with one attached hydrogen (secondary N) is 1. The van der Waals surface area contributed by atoms with E-state index in [4.69, 9.17) is 0 Å². The monoisotopic (exact) mass is 425 g/mol. The number of nitrogens with zero attached hydrogens (tertiary/aromatic N) is 4. The predicted molar refractivity (Wildman–Crippen MR) is 136 cm³/mol. The van der Waals surface area contributed by atoms with Crippen molar-refractivity contribution < 1.29 is 0 Å². The molecule has 31 heavy (non-hydrogen) atoms. The minimum absolute atomic E-state index is 0.865. The zero-order valence-corrected chi connectivity index (χ0v) is 20.8. The van der Waals surface area contributed by atoms with Crippen molar-refractivity contribution >= 4 is 16.9 Å². The Bertz CT molecular complexity index is 817. The molecule has 0 saturated carbocycles. The summed E-state index contributed by atoms with van der Waals surface area (Å²) < 4.78 is 0. The molecule has 1 saturated heterocycles. The second-order valence-corrected chi connectivity index (χ2v) is 6.85. The lowest BCUT2D eigenvalue weighted by atomic mass is 10.1. The number of anilines is 1. The summed E-state index contributed by atoms with van der Waals surface area (Å²) in [4.78, 5) is 17.1. The Balaban J connectivity index is 0.000000739. The molecule has 3 aromatic rings. The smallest absolute Gasteiger partial charge is 0.225 e. The molecule has 1 aromatic carbocycles. The lowest BCUT2D eigenvalue weighted by molar-refractivity contribution is 0.254. The third-order valence-corrected chi connectivity index (χ3v) is 5.02. The summed E-state index contributed by atoms with van der Waals surface area (Å²) in [6, 6.07) is 8.55. The molecule has 0 radical (unpaired) electrons. The fourth-order valence-electron chi connectivity index (χ4n) is 3.55. The van der Waals surface area contributed by atoms with Crippen molar-refractivity contribution in [2.24, 2.45) is 0 Å². The lowest BCUT2D eigenvalue weighted by Gasteiger charge is -2.34. The van der Waals surface area contributed by atoms with Gasteiger partial charge in [0.05, 0.1) is 0 Å². The van der Waals surface area contributed by atoms with Crippen molar-refractivity contribution in [2.45, 2.75) is 61.3 Å². The normalized spacial score (nSPS) is 13.3. The van der Waals surface area contributed by atoms with Crippen molar-refractivity contribution in [3.05, 3.63) is 54.0 Å². The number of aromatic amines is 1. The van der Waals surface area contributed by atoms with E-state index in [0.717, 1.165) is 50.7 Å². The summed E-state index contributed by atoms with van der Waals surface area (Å²) in [6.07, 6.45) is 8.29. The van der Waals surface area contributed by atoms with Crippen molar-refractivity contribution in [2.75, 3.05) is 37.6 Å². The van der Waals surface area contributed by atoms with Crippen molar-refractivity contribution in [1.82, 2.24) is 19.9 Å². The molecular formula is C26H43N5. The SMILES string of the molecule is CC.CC.CC.Cc1cnc(N2CCN(CCCc3c[nH]c4ccccc34)CC2)nc1. The van der Waals surface area contributed by atoms with Crippen LogP contribution in [0.3, 0.4) is 0 Å². The predicted octanol–water partition coefficient (Wildman–Crippen LogP) is 6.10. The maximum Gasteiger partial charge on any atom is 0.225 e. The van der Waals surface area contributed by atoms with Crippen LogP contribution >= 0.6 is 0 Å². The first-order valence-electron chi connectivity index (χ1n) is 12.1. The molecule has 5 nitrogen and oxygen atoms in total. The zero-order chi connectivity index (χ0) is 23.1. The number of hydrogen-bond donors (Lipinski definition) is 1. The third-order valence-electron chi connectivity index (χ3n) is 5.02. The Hall–Kier alpha value is -2.40. The van der Waals surface area contributed by atoms with Crippen LogP contribution in [0.15, 0.2) is 42.9 Å². The molecule has 1 N–H and O–H groups in total. The van der Waals surface area contributed by atoms with Crippen LogP contribution in [-0.2, 0) is 6.42 Å². The topological polar surface area (TPSA) is 48.1 Å². The molecule has 0 atom stereocenters. The summed E-state index contributed by atoms with van der Waals surface area (Å²) >= 11 is 0. The Morgan fingerprint density at radius 1 is 0.871 bits per heavy atom. The first kappa shape index (κ1) is 26.6. The number of piperazine rings is 1. The van der Waals surface area contributed by atoms with Gasteiger partial charge in [0.1, 0.15) is 0 Å². The first-order chi connectivity index (χ1) is 15.3. The maximum absolute atomic E-state index is 4.44. The number of rotatable bonds is 5. The summed E-state index contributed by atoms with van der Waals surface area (Å²) in [5, 5.41) is 1.36. The van der Waals surface area contributed by atoms with Gasteiger partial charge in [-0.2, -0.15) is 0 Å². The van der Waals surface area contributed by atoms with Gasteiger partial charge in [-0.1, -0.05) is 59.7 Å². The number of H-pyrrole nitrogens is 1. The minimum Gasteiger partial charge on any atom is -0.361 e. The molecule has 0 bridgehead atoms. The molecule has 4 rings (SSSR count). The molecular weight excluding hydrogens is 382 g/mol. The summed E-state index contributed by atoms with van der Waals surface area (Å²) in [6.45, 7) is 19.4. The second kappa shape index (κ2) is 15.4. The van der Waals surface area contributed by atoms with E-state index in [-0.39, 0.29) is 0 Å². The van der Waals surface area contributed by atoms with Gasteiger partial charge < -0.3 is 9.88 Å². The maximum atomic E-state index is 4.44. The van der Waals surface area contributed by atoms with Gasteiger partial charge >= 0.3 is 0 Å². The average molecular weight is 426 g/mol. The molecule has 0 spiro atoms. The Morgan fingerprint density at radius 2 is 1.48 bits per heavy atom. The van der Waals surface area contributed by atoms with Crippen LogP contribution in [0.1, 0.15) is 59.1 Å². The molecule has 3 heterocycles. The Kier molecular flexibility index (Phi) is 13.2. The number of aromatic nitrogens is 3. The largest absolute Gasteiger partial charge is 0.361 e. The van der Waals surface area contributed by atoms with E-state index in [1.54, 1.807) is 0 Å². The summed E-state index contributed by atoms with van der Waals surface area (Å²) in [7, 11) is 0. The first-order valence-corrected chi connectivity index (χ1v) is 12.1. The third kappa shape index (κ3) is 7.98. The van der Waals surface area contributed by atoms with Crippen LogP contribution < -0.4 is 4.90 Å². The average Bonchev–Trinajstić information content (AvgIpc) is 3.27. The van der Waals surface area contributed by atoms with E-state index in [2.05, 4.69) is 55.2 Å². The van der Waals surface area contributed by atoms with Gasteiger partial charge in [0.2, 0.25) is 5.95 Å². The second-order valence-electron chi connectivity index (χ2n) is 6.85. The molecule has 5 heteroatoms. The van der Waals surface area contributed by atoms with Gasteiger partial charge in [0.25, 0.3) is 0 Å². The fourth-order valence-corrected chi connectivity index (χ4v) is 3.55. The molecule has 172 valence electrons. The van der Waals surface area contributed by atoms with E-state index in [0.29, 0.717) is 0 Å². The van der Waals surface area contributed by atoms with Gasteiger partial charge in [0, 0.05) is 55.7 Å². The molecule has 0 amide bonds. The van der Waals surface area contributed by atoms with Crippen LogP contribution in [0, 0.1) is 6.92 Å².